The Hall–Kier alpha value is -2.08. The van der Waals surface area contributed by atoms with Crippen LogP contribution in [0.3, 0.4) is 0 Å². The minimum Gasteiger partial charge on any atom is -0.484 e. The highest BCUT2D eigenvalue weighted by Gasteiger charge is 2.49. The highest BCUT2D eigenvalue weighted by molar-refractivity contribution is 5.96. The van der Waals surface area contributed by atoms with E-state index < -0.39 is 0 Å². The third-order valence-corrected chi connectivity index (χ3v) is 6.40. The van der Waals surface area contributed by atoms with E-state index in [-0.39, 0.29) is 23.8 Å². The van der Waals surface area contributed by atoms with Crippen LogP contribution < -0.4 is 15.4 Å². The lowest BCUT2D eigenvalue weighted by Gasteiger charge is -2.37. The second-order valence-electron chi connectivity index (χ2n) is 8.09. The lowest BCUT2D eigenvalue weighted by atomic mass is 9.67. The molecule has 1 aliphatic carbocycles. The van der Waals surface area contributed by atoms with Gasteiger partial charge in [0.25, 0.3) is 5.91 Å². The van der Waals surface area contributed by atoms with Crippen LogP contribution in [0.25, 0.3) is 0 Å². The van der Waals surface area contributed by atoms with Gasteiger partial charge in [0.1, 0.15) is 5.75 Å². The summed E-state index contributed by atoms with van der Waals surface area (Å²) < 4.78 is 5.68. The molecule has 1 aromatic carbocycles. The summed E-state index contributed by atoms with van der Waals surface area (Å²) in [5.74, 6) is 1.19. The van der Waals surface area contributed by atoms with Crippen molar-refractivity contribution in [1.29, 1.82) is 0 Å². The Balaban J connectivity index is 1.37. The molecular formula is C21H29N3O3. The number of amides is 2. The maximum Gasteiger partial charge on any atom is 0.260 e. The number of nitrogens with one attached hydrogen (secondary N) is 2. The first-order valence-electron chi connectivity index (χ1n) is 10.2. The van der Waals surface area contributed by atoms with Gasteiger partial charge in [-0.05, 0) is 50.3 Å². The van der Waals surface area contributed by atoms with E-state index in [2.05, 4.69) is 10.6 Å². The third kappa shape index (κ3) is 3.81. The molecule has 0 bridgehead atoms. The number of ether oxygens (including phenoxy) is 1. The number of carbonyl (C=O) groups is 2. The predicted molar refractivity (Wildman–Crippen MR) is 104 cm³/mol. The highest BCUT2D eigenvalue weighted by Crippen LogP contribution is 2.44. The number of hydrogen-bond acceptors (Lipinski definition) is 4. The van der Waals surface area contributed by atoms with Gasteiger partial charge in [-0.25, -0.2) is 0 Å². The molecular weight excluding hydrogens is 342 g/mol. The SMILES string of the molecule is O=C(COc1cccc(NC(=O)[C@@]23CCCC[C@H]2CNC3)c1)N1CCCC1. The molecule has 6 heteroatoms. The summed E-state index contributed by atoms with van der Waals surface area (Å²) in [7, 11) is 0. The molecule has 2 atom stereocenters. The smallest absolute Gasteiger partial charge is 0.260 e. The number of hydrogen-bond donors (Lipinski definition) is 2. The largest absolute Gasteiger partial charge is 0.484 e. The Bertz CT molecular complexity index is 702. The van der Waals surface area contributed by atoms with Crippen molar-refractivity contribution in [2.75, 3.05) is 38.1 Å². The molecule has 0 unspecified atom stereocenters. The monoisotopic (exact) mass is 371 g/mol. The predicted octanol–water partition coefficient (Wildman–Crippen LogP) is 2.41. The first-order valence-corrected chi connectivity index (χ1v) is 10.2. The van der Waals surface area contributed by atoms with Gasteiger partial charge in [0.05, 0.1) is 5.41 Å². The van der Waals surface area contributed by atoms with Crippen molar-refractivity contribution < 1.29 is 14.3 Å². The third-order valence-electron chi connectivity index (χ3n) is 6.40. The number of fused-ring (bicyclic) bond motifs is 1. The molecule has 27 heavy (non-hydrogen) atoms. The molecule has 4 rings (SSSR count). The van der Waals surface area contributed by atoms with Crippen molar-refractivity contribution in [2.45, 2.75) is 38.5 Å². The van der Waals surface area contributed by atoms with Crippen molar-refractivity contribution in [2.24, 2.45) is 11.3 Å². The number of nitrogens with zero attached hydrogens (tertiary/aromatic N) is 1. The van der Waals surface area contributed by atoms with Crippen LogP contribution in [0.5, 0.6) is 5.75 Å². The van der Waals surface area contributed by atoms with Crippen molar-refractivity contribution in [1.82, 2.24) is 10.2 Å². The van der Waals surface area contributed by atoms with Gasteiger partial charge in [0.2, 0.25) is 5.91 Å². The van der Waals surface area contributed by atoms with Crippen LogP contribution in [0, 0.1) is 11.3 Å². The van der Waals surface area contributed by atoms with Crippen molar-refractivity contribution in [3.63, 3.8) is 0 Å². The molecule has 2 heterocycles. The summed E-state index contributed by atoms with van der Waals surface area (Å²) in [5, 5.41) is 6.52. The molecule has 2 aliphatic heterocycles. The first-order chi connectivity index (χ1) is 13.2. The molecule has 146 valence electrons. The topological polar surface area (TPSA) is 70.7 Å². The van der Waals surface area contributed by atoms with E-state index in [1.807, 2.05) is 29.2 Å². The quantitative estimate of drug-likeness (QED) is 0.834. The number of carbonyl (C=O) groups excluding carboxylic acids is 2. The number of rotatable bonds is 5. The van der Waals surface area contributed by atoms with E-state index in [0.29, 0.717) is 11.7 Å². The standard InChI is InChI=1S/C21H29N3O3/c25-19(24-10-3-4-11-24)14-27-18-8-5-7-17(12-18)23-20(26)21-9-2-1-6-16(21)13-22-15-21/h5,7-8,12,16,22H,1-4,6,9-11,13-15H2,(H,23,26)/t16-,21+/m0/s1. The fourth-order valence-corrected chi connectivity index (χ4v) is 4.81. The van der Waals surface area contributed by atoms with Crippen LogP contribution in [0.2, 0.25) is 0 Å². The normalized spacial score (nSPS) is 27.3. The molecule has 2 N–H and O–H groups in total. The zero-order chi connectivity index (χ0) is 18.7. The van der Waals surface area contributed by atoms with E-state index in [4.69, 9.17) is 4.74 Å². The van der Waals surface area contributed by atoms with Crippen molar-refractivity contribution in [3.05, 3.63) is 24.3 Å². The zero-order valence-corrected chi connectivity index (χ0v) is 15.8. The first kappa shape index (κ1) is 18.3. The van der Waals surface area contributed by atoms with E-state index in [1.165, 1.54) is 6.42 Å². The molecule has 2 saturated heterocycles. The summed E-state index contributed by atoms with van der Waals surface area (Å²) in [4.78, 5) is 27.1. The fourth-order valence-electron chi connectivity index (χ4n) is 4.81. The Morgan fingerprint density at radius 2 is 2.07 bits per heavy atom. The van der Waals surface area contributed by atoms with Gasteiger partial charge >= 0.3 is 0 Å². The molecule has 0 radical (unpaired) electrons. The van der Waals surface area contributed by atoms with Gasteiger partial charge in [-0.2, -0.15) is 0 Å². The number of likely N-dealkylation sites (tertiary alicyclic amines) is 1. The summed E-state index contributed by atoms with van der Waals surface area (Å²) in [6.07, 6.45) is 6.57. The second-order valence-corrected chi connectivity index (χ2v) is 8.09. The van der Waals surface area contributed by atoms with E-state index in [9.17, 15) is 9.59 Å². The molecule has 1 aromatic rings. The molecule has 2 amide bonds. The van der Waals surface area contributed by atoms with Crippen LogP contribution in [0.15, 0.2) is 24.3 Å². The number of benzene rings is 1. The average molecular weight is 371 g/mol. The second kappa shape index (κ2) is 7.89. The summed E-state index contributed by atoms with van der Waals surface area (Å²) in [5.41, 5.74) is 0.456. The van der Waals surface area contributed by atoms with E-state index >= 15 is 0 Å². The number of anilines is 1. The summed E-state index contributed by atoms with van der Waals surface area (Å²) in [6.45, 7) is 3.41. The Kier molecular flexibility index (Phi) is 5.34. The lowest BCUT2D eigenvalue weighted by molar-refractivity contribution is -0.132. The Morgan fingerprint density at radius 3 is 2.93 bits per heavy atom. The van der Waals surface area contributed by atoms with Crippen LogP contribution >= 0.6 is 0 Å². The Morgan fingerprint density at radius 1 is 1.22 bits per heavy atom. The molecule has 6 nitrogen and oxygen atoms in total. The molecule has 0 spiro atoms. The van der Waals surface area contributed by atoms with Crippen molar-refractivity contribution in [3.8, 4) is 5.75 Å². The molecule has 3 fully saturated rings. The summed E-state index contributed by atoms with van der Waals surface area (Å²) >= 11 is 0. The zero-order valence-electron chi connectivity index (χ0n) is 15.8. The minimum atomic E-state index is -0.277. The Labute approximate surface area is 160 Å². The van der Waals surface area contributed by atoms with E-state index in [0.717, 1.165) is 64.0 Å². The molecule has 0 aromatic heterocycles. The molecule has 1 saturated carbocycles. The van der Waals surface area contributed by atoms with Gasteiger partial charge in [0, 0.05) is 31.4 Å². The molecule has 3 aliphatic rings. The van der Waals surface area contributed by atoms with Crippen LogP contribution in [0.4, 0.5) is 5.69 Å². The van der Waals surface area contributed by atoms with Gasteiger partial charge < -0.3 is 20.3 Å². The van der Waals surface area contributed by atoms with E-state index in [1.54, 1.807) is 0 Å². The maximum absolute atomic E-state index is 13.1. The van der Waals surface area contributed by atoms with Gasteiger partial charge in [0.15, 0.2) is 6.61 Å². The van der Waals surface area contributed by atoms with Crippen molar-refractivity contribution >= 4 is 17.5 Å². The van der Waals surface area contributed by atoms with Crippen LogP contribution in [0.1, 0.15) is 38.5 Å². The van der Waals surface area contributed by atoms with Gasteiger partial charge in [-0.3, -0.25) is 9.59 Å². The van der Waals surface area contributed by atoms with Gasteiger partial charge in [-0.15, -0.1) is 0 Å². The lowest BCUT2D eigenvalue weighted by Crippen LogP contribution is -2.44. The fraction of sp³-hybridized carbons (Fsp3) is 0.619. The highest BCUT2D eigenvalue weighted by atomic mass is 16.5. The van der Waals surface area contributed by atoms with Crippen LogP contribution in [-0.4, -0.2) is 49.5 Å². The van der Waals surface area contributed by atoms with Crippen LogP contribution in [-0.2, 0) is 9.59 Å². The van der Waals surface area contributed by atoms with Gasteiger partial charge in [-0.1, -0.05) is 18.9 Å². The average Bonchev–Trinajstić information content (AvgIpc) is 3.36. The maximum atomic E-state index is 13.1. The minimum absolute atomic E-state index is 0.0305. The summed E-state index contributed by atoms with van der Waals surface area (Å²) in [6, 6.07) is 7.37.